The van der Waals surface area contributed by atoms with Gasteiger partial charge in [-0.25, -0.2) is 4.79 Å². The number of hydrogen-bond donors (Lipinski definition) is 0. The van der Waals surface area contributed by atoms with Gasteiger partial charge in [-0.2, -0.15) is 0 Å². The van der Waals surface area contributed by atoms with Crippen LogP contribution in [0, 0.1) is 0 Å². The molecule has 4 nitrogen and oxygen atoms in total. The van der Waals surface area contributed by atoms with Crippen LogP contribution in [-0.2, 0) is 16.1 Å². The molecule has 1 aromatic rings. The molecule has 1 amide bonds. The fourth-order valence-corrected chi connectivity index (χ4v) is 2.07. The average Bonchev–Trinajstić information content (AvgIpc) is 2.46. The van der Waals surface area contributed by atoms with E-state index in [9.17, 15) is 4.79 Å². The van der Waals surface area contributed by atoms with E-state index in [1.807, 2.05) is 36.5 Å². The summed E-state index contributed by atoms with van der Waals surface area (Å²) in [6, 6.07) is 9.68. The zero-order chi connectivity index (χ0) is 13.5. The van der Waals surface area contributed by atoms with Gasteiger partial charge in [-0.3, -0.25) is 4.90 Å². The van der Waals surface area contributed by atoms with Crippen molar-refractivity contribution in [3.63, 3.8) is 0 Å². The Labute approximate surface area is 113 Å². The van der Waals surface area contributed by atoms with Crippen molar-refractivity contribution in [2.75, 3.05) is 20.3 Å². The highest BCUT2D eigenvalue weighted by molar-refractivity contribution is 5.69. The molecule has 102 valence electrons. The van der Waals surface area contributed by atoms with Gasteiger partial charge in [0.25, 0.3) is 0 Å². The summed E-state index contributed by atoms with van der Waals surface area (Å²) in [5.41, 5.74) is 2.12. The molecular weight excluding hydrogens is 242 g/mol. The number of ether oxygens (including phenoxy) is 2. The van der Waals surface area contributed by atoms with Crippen LogP contribution in [0.5, 0.6) is 0 Å². The summed E-state index contributed by atoms with van der Waals surface area (Å²) in [6.45, 7) is 1.59. The molecule has 0 bridgehead atoms. The Morgan fingerprint density at radius 3 is 2.79 bits per heavy atom. The molecule has 0 unspecified atom stereocenters. The molecule has 0 saturated carbocycles. The number of amides is 1. The first-order valence-electron chi connectivity index (χ1n) is 6.45. The molecule has 0 aromatic heterocycles. The smallest absolute Gasteiger partial charge is 0.414 e. The molecule has 0 radical (unpaired) electrons. The van der Waals surface area contributed by atoms with E-state index in [4.69, 9.17) is 9.47 Å². The number of methoxy groups -OCH3 is 1. The van der Waals surface area contributed by atoms with Crippen molar-refractivity contribution in [3.8, 4) is 0 Å². The number of rotatable bonds is 4. The van der Waals surface area contributed by atoms with Gasteiger partial charge in [0.2, 0.25) is 0 Å². The van der Waals surface area contributed by atoms with Crippen molar-refractivity contribution in [2.45, 2.75) is 19.4 Å². The van der Waals surface area contributed by atoms with E-state index >= 15 is 0 Å². The van der Waals surface area contributed by atoms with E-state index in [2.05, 4.69) is 0 Å². The van der Waals surface area contributed by atoms with Gasteiger partial charge >= 0.3 is 6.09 Å². The number of nitrogens with zero attached hydrogens (tertiary/aromatic N) is 1. The minimum Gasteiger partial charge on any atom is -0.444 e. The summed E-state index contributed by atoms with van der Waals surface area (Å²) in [5, 5.41) is 0. The predicted molar refractivity (Wildman–Crippen MR) is 72.5 cm³/mol. The van der Waals surface area contributed by atoms with E-state index in [0.717, 1.165) is 24.0 Å². The van der Waals surface area contributed by atoms with Crippen LogP contribution in [-0.4, -0.2) is 31.3 Å². The molecule has 0 aliphatic carbocycles. The van der Waals surface area contributed by atoms with Crippen molar-refractivity contribution in [3.05, 3.63) is 47.7 Å². The maximum atomic E-state index is 11.9. The minimum atomic E-state index is -0.294. The monoisotopic (exact) mass is 261 g/mol. The van der Waals surface area contributed by atoms with Crippen LogP contribution in [0.3, 0.4) is 0 Å². The number of benzene rings is 1. The maximum Gasteiger partial charge on any atom is 0.414 e. The number of carbonyl (C=O) groups is 1. The van der Waals surface area contributed by atoms with Gasteiger partial charge in [0.1, 0.15) is 6.61 Å². The Bertz CT molecular complexity index is 442. The van der Waals surface area contributed by atoms with Gasteiger partial charge in [-0.05, 0) is 24.0 Å². The van der Waals surface area contributed by atoms with Crippen molar-refractivity contribution in [1.29, 1.82) is 0 Å². The van der Waals surface area contributed by atoms with E-state index < -0.39 is 0 Å². The third-order valence-electron chi connectivity index (χ3n) is 3.00. The molecule has 19 heavy (non-hydrogen) atoms. The fourth-order valence-electron chi connectivity index (χ4n) is 2.07. The summed E-state index contributed by atoms with van der Waals surface area (Å²) in [7, 11) is 1.66. The number of hydrogen-bond acceptors (Lipinski definition) is 3. The molecule has 1 heterocycles. The standard InChI is InChI=1S/C15H19NO3/c1-18-11-14-8-5-9-16(10-14)15(17)19-12-13-6-3-2-4-7-13/h2-4,6-7,10H,5,8-9,11-12H2,1H3. The zero-order valence-corrected chi connectivity index (χ0v) is 11.2. The molecule has 2 rings (SSSR count). The van der Waals surface area contributed by atoms with Gasteiger partial charge in [-0.15, -0.1) is 0 Å². The quantitative estimate of drug-likeness (QED) is 0.836. The number of carbonyl (C=O) groups excluding carboxylic acids is 1. The third kappa shape index (κ3) is 4.10. The third-order valence-corrected chi connectivity index (χ3v) is 3.00. The van der Waals surface area contributed by atoms with E-state index in [1.54, 1.807) is 12.0 Å². The predicted octanol–water partition coefficient (Wildman–Crippen LogP) is 2.95. The molecular formula is C15H19NO3. The van der Waals surface area contributed by atoms with Gasteiger partial charge in [0.15, 0.2) is 0 Å². The van der Waals surface area contributed by atoms with Crippen LogP contribution in [0.2, 0.25) is 0 Å². The van der Waals surface area contributed by atoms with E-state index in [0.29, 0.717) is 19.8 Å². The highest BCUT2D eigenvalue weighted by Crippen LogP contribution is 2.16. The molecule has 0 saturated heterocycles. The van der Waals surface area contributed by atoms with Crippen LogP contribution in [0.15, 0.2) is 42.1 Å². The lowest BCUT2D eigenvalue weighted by molar-refractivity contribution is 0.107. The topological polar surface area (TPSA) is 38.8 Å². The molecule has 1 aromatic carbocycles. The van der Waals surface area contributed by atoms with Crippen LogP contribution in [0.1, 0.15) is 18.4 Å². The molecule has 4 heteroatoms. The lowest BCUT2D eigenvalue weighted by Crippen LogP contribution is -2.30. The van der Waals surface area contributed by atoms with E-state index in [-0.39, 0.29) is 6.09 Å². The second kappa shape index (κ2) is 6.95. The average molecular weight is 261 g/mol. The van der Waals surface area contributed by atoms with Crippen LogP contribution < -0.4 is 0 Å². The summed E-state index contributed by atoms with van der Waals surface area (Å²) >= 11 is 0. The first-order chi connectivity index (χ1) is 9.29. The normalized spacial score (nSPS) is 15.0. The van der Waals surface area contributed by atoms with Crippen LogP contribution >= 0.6 is 0 Å². The van der Waals surface area contributed by atoms with Crippen molar-refractivity contribution >= 4 is 6.09 Å². The van der Waals surface area contributed by atoms with Crippen LogP contribution in [0.25, 0.3) is 0 Å². The Morgan fingerprint density at radius 2 is 2.05 bits per heavy atom. The molecule has 1 aliphatic heterocycles. The molecule has 0 spiro atoms. The summed E-state index contributed by atoms with van der Waals surface area (Å²) in [4.78, 5) is 13.6. The highest BCUT2D eigenvalue weighted by Gasteiger charge is 2.17. The Balaban J connectivity index is 1.87. The van der Waals surface area contributed by atoms with Gasteiger partial charge in [-0.1, -0.05) is 30.3 Å². The summed E-state index contributed by atoms with van der Waals surface area (Å²) in [6.07, 6.45) is 3.49. The molecule has 0 atom stereocenters. The SMILES string of the molecule is COCC1=CN(C(=O)OCc2ccccc2)CCC1. The maximum absolute atomic E-state index is 11.9. The molecule has 1 aliphatic rings. The van der Waals surface area contributed by atoms with Crippen molar-refractivity contribution in [2.24, 2.45) is 0 Å². The Kier molecular flexibility index (Phi) is 4.98. The highest BCUT2D eigenvalue weighted by atomic mass is 16.6. The second-order valence-corrected chi connectivity index (χ2v) is 4.56. The second-order valence-electron chi connectivity index (χ2n) is 4.56. The van der Waals surface area contributed by atoms with Gasteiger partial charge in [0, 0.05) is 19.9 Å². The van der Waals surface area contributed by atoms with Crippen LogP contribution in [0.4, 0.5) is 4.79 Å². The largest absolute Gasteiger partial charge is 0.444 e. The van der Waals surface area contributed by atoms with E-state index in [1.165, 1.54) is 0 Å². The Morgan fingerprint density at radius 1 is 1.26 bits per heavy atom. The zero-order valence-electron chi connectivity index (χ0n) is 11.2. The lowest BCUT2D eigenvalue weighted by Gasteiger charge is -2.24. The van der Waals surface area contributed by atoms with Gasteiger partial charge in [0.05, 0.1) is 6.61 Å². The first kappa shape index (κ1) is 13.6. The fraction of sp³-hybridized carbons (Fsp3) is 0.400. The molecule has 0 fully saturated rings. The summed E-state index contributed by atoms with van der Waals surface area (Å²) in [5.74, 6) is 0. The Hall–Kier alpha value is -1.81. The van der Waals surface area contributed by atoms with Crippen molar-refractivity contribution in [1.82, 2.24) is 4.90 Å². The summed E-state index contributed by atoms with van der Waals surface area (Å²) < 4.78 is 10.4. The molecule has 0 N–H and O–H groups in total. The lowest BCUT2D eigenvalue weighted by atomic mass is 10.1. The van der Waals surface area contributed by atoms with Crippen molar-refractivity contribution < 1.29 is 14.3 Å². The minimum absolute atomic E-state index is 0.294. The first-order valence-corrected chi connectivity index (χ1v) is 6.45. The van der Waals surface area contributed by atoms with Gasteiger partial charge < -0.3 is 9.47 Å².